The molecule has 0 spiro atoms. The first kappa shape index (κ1) is 23.2. The maximum absolute atomic E-state index is 14.0. The van der Waals surface area contributed by atoms with E-state index in [1.165, 1.54) is 12.0 Å². The Balaban J connectivity index is 0.00000364. The molecule has 1 aliphatic heterocycles. The Kier molecular flexibility index (Phi) is 8.09. The van der Waals surface area contributed by atoms with Crippen LogP contribution < -0.4 is 9.47 Å². The summed E-state index contributed by atoms with van der Waals surface area (Å²) < 4.78 is 60.1. The molecule has 6 nitrogen and oxygen atoms in total. The maximum Gasteiger partial charge on any atom is 0.422 e. The first-order valence-electron chi connectivity index (χ1n) is 8.00. The van der Waals surface area contributed by atoms with Crippen molar-refractivity contribution in [3.8, 4) is 11.8 Å². The lowest BCUT2D eigenvalue weighted by atomic mass is 10.1. The number of alkyl halides is 3. The van der Waals surface area contributed by atoms with Crippen molar-refractivity contribution in [2.75, 3.05) is 34.4 Å². The van der Waals surface area contributed by atoms with Gasteiger partial charge in [0.2, 0.25) is 11.8 Å². The lowest BCUT2D eigenvalue weighted by Crippen LogP contribution is -2.42. The number of hydrogen-bond donors (Lipinski definition) is 0. The molecule has 154 valence electrons. The summed E-state index contributed by atoms with van der Waals surface area (Å²) in [5.74, 6) is -2.07. The number of likely N-dealkylation sites (tertiary alicyclic amines) is 1. The number of carbonyl (C=O) groups is 1. The number of rotatable bonds is 6. The number of aromatic nitrogens is 1. The molecule has 1 aromatic rings. The second kappa shape index (κ2) is 9.41. The molecule has 0 radical (unpaired) electrons. The molecule has 27 heavy (non-hydrogen) atoms. The van der Waals surface area contributed by atoms with Gasteiger partial charge in [0.15, 0.2) is 12.4 Å². The van der Waals surface area contributed by atoms with Gasteiger partial charge in [0.05, 0.1) is 19.7 Å². The highest BCUT2D eigenvalue weighted by Crippen LogP contribution is 2.27. The van der Waals surface area contributed by atoms with Gasteiger partial charge in [-0.3, -0.25) is 9.69 Å². The van der Waals surface area contributed by atoms with E-state index in [1.54, 1.807) is 7.05 Å². The van der Waals surface area contributed by atoms with E-state index in [2.05, 4.69) is 9.72 Å². The highest BCUT2D eigenvalue weighted by atomic mass is 35.5. The number of likely N-dealkylation sites (N-methyl/N-ethyl adjacent to an activating group) is 2. The molecular formula is C16H22ClF4N3O3. The maximum atomic E-state index is 14.0. The second-order valence-corrected chi connectivity index (χ2v) is 6.18. The zero-order chi connectivity index (χ0) is 19.5. The van der Waals surface area contributed by atoms with Crippen LogP contribution in [0.15, 0.2) is 6.07 Å². The average Bonchev–Trinajstić information content (AvgIpc) is 2.98. The molecule has 0 N–H and O–H groups in total. The van der Waals surface area contributed by atoms with Crippen molar-refractivity contribution in [2.24, 2.45) is 0 Å². The highest BCUT2D eigenvalue weighted by Gasteiger charge is 2.31. The molecule has 1 aliphatic rings. The summed E-state index contributed by atoms with van der Waals surface area (Å²) in [4.78, 5) is 19.5. The van der Waals surface area contributed by atoms with Gasteiger partial charge in [-0.25, -0.2) is 4.39 Å². The lowest BCUT2D eigenvalue weighted by molar-refractivity contribution is -0.154. The predicted molar refractivity (Wildman–Crippen MR) is 91.7 cm³/mol. The van der Waals surface area contributed by atoms with E-state index in [9.17, 15) is 22.4 Å². The van der Waals surface area contributed by atoms with E-state index in [4.69, 9.17) is 4.74 Å². The third-order valence-corrected chi connectivity index (χ3v) is 4.14. The zero-order valence-corrected chi connectivity index (χ0v) is 16.0. The van der Waals surface area contributed by atoms with Crippen molar-refractivity contribution < 1.29 is 31.8 Å². The van der Waals surface area contributed by atoms with Crippen LogP contribution >= 0.6 is 12.4 Å². The molecule has 1 aromatic heterocycles. The number of pyridine rings is 1. The molecule has 2 heterocycles. The van der Waals surface area contributed by atoms with E-state index in [0.717, 1.165) is 25.5 Å². The van der Waals surface area contributed by atoms with Crippen LogP contribution in [0.2, 0.25) is 0 Å². The van der Waals surface area contributed by atoms with Crippen molar-refractivity contribution in [1.82, 2.24) is 14.8 Å². The minimum absolute atomic E-state index is 0. The van der Waals surface area contributed by atoms with Gasteiger partial charge in [-0.1, -0.05) is 0 Å². The van der Waals surface area contributed by atoms with Gasteiger partial charge in [-0.2, -0.15) is 18.2 Å². The normalized spacial score (nSPS) is 17.4. The molecule has 0 aromatic carbocycles. The summed E-state index contributed by atoms with van der Waals surface area (Å²) in [6.45, 7) is -0.823. The van der Waals surface area contributed by atoms with Gasteiger partial charge in [0.1, 0.15) is 0 Å². The van der Waals surface area contributed by atoms with Crippen molar-refractivity contribution in [3.05, 3.63) is 17.4 Å². The number of halogens is 5. The van der Waals surface area contributed by atoms with Crippen molar-refractivity contribution in [2.45, 2.75) is 31.6 Å². The molecule has 0 bridgehead atoms. The number of carbonyl (C=O) groups excluding carboxylic acids is 1. The Labute approximate surface area is 160 Å². The summed E-state index contributed by atoms with van der Waals surface area (Å²) in [5, 5.41) is 0. The van der Waals surface area contributed by atoms with Crippen LogP contribution in [0.25, 0.3) is 0 Å². The third kappa shape index (κ3) is 6.10. The number of hydrogen-bond acceptors (Lipinski definition) is 5. The lowest BCUT2D eigenvalue weighted by Gasteiger charge is -2.25. The SMILES string of the molecule is COc1nc(OCC(F)(F)F)c(F)cc1CN(C)C(=O)C1CCCN1C.Cl. The predicted octanol–water partition coefficient (Wildman–Crippen LogP) is 2.64. The Morgan fingerprint density at radius 2 is 2.07 bits per heavy atom. The summed E-state index contributed by atoms with van der Waals surface area (Å²) in [7, 11) is 4.68. The topological polar surface area (TPSA) is 54.9 Å². The van der Waals surface area contributed by atoms with Crippen molar-refractivity contribution in [3.63, 3.8) is 0 Å². The Morgan fingerprint density at radius 3 is 2.59 bits per heavy atom. The first-order chi connectivity index (χ1) is 12.1. The van der Waals surface area contributed by atoms with Crippen LogP contribution in [0.4, 0.5) is 17.6 Å². The number of nitrogens with zero attached hydrogens (tertiary/aromatic N) is 3. The first-order valence-corrected chi connectivity index (χ1v) is 8.00. The molecule has 1 atom stereocenters. The Hall–Kier alpha value is -1.81. The van der Waals surface area contributed by atoms with Gasteiger partial charge in [0, 0.05) is 12.6 Å². The van der Waals surface area contributed by atoms with Gasteiger partial charge < -0.3 is 14.4 Å². The second-order valence-electron chi connectivity index (χ2n) is 6.18. The monoisotopic (exact) mass is 415 g/mol. The molecule has 0 aliphatic carbocycles. The van der Waals surface area contributed by atoms with Crippen molar-refractivity contribution in [1.29, 1.82) is 0 Å². The summed E-state index contributed by atoms with van der Waals surface area (Å²) in [6.07, 6.45) is -2.95. The van der Waals surface area contributed by atoms with Crippen LogP contribution in [0, 0.1) is 5.82 Å². The number of amides is 1. The van der Waals surface area contributed by atoms with Crippen LogP contribution in [0.5, 0.6) is 11.8 Å². The highest BCUT2D eigenvalue weighted by molar-refractivity contribution is 5.85. The van der Waals surface area contributed by atoms with E-state index in [-0.39, 0.29) is 42.3 Å². The Morgan fingerprint density at radius 1 is 1.41 bits per heavy atom. The van der Waals surface area contributed by atoms with Gasteiger partial charge in [-0.15, -0.1) is 12.4 Å². The van der Waals surface area contributed by atoms with Gasteiger partial charge >= 0.3 is 6.18 Å². The Bertz CT molecular complexity index is 661. The third-order valence-electron chi connectivity index (χ3n) is 4.14. The van der Waals surface area contributed by atoms with Crippen molar-refractivity contribution >= 4 is 18.3 Å². The van der Waals surface area contributed by atoms with E-state index in [1.807, 2.05) is 11.9 Å². The summed E-state index contributed by atoms with van der Waals surface area (Å²) in [5.41, 5.74) is 0.237. The summed E-state index contributed by atoms with van der Waals surface area (Å²) >= 11 is 0. The molecule has 1 saturated heterocycles. The number of ether oxygens (including phenoxy) is 2. The van der Waals surface area contributed by atoms with Crippen LogP contribution in [0.3, 0.4) is 0 Å². The minimum Gasteiger partial charge on any atom is -0.481 e. The molecule has 2 rings (SSSR count). The van der Waals surface area contributed by atoms with Crippen LogP contribution in [-0.2, 0) is 11.3 Å². The molecule has 1 amide bonds. The average molecular weight is 416 g/mol. The molecule has 0 saturated carbocycles. The smallest absolute Gasteiger partial charge is 0.422 e. The van der Waals surface area contributed by atoms with Crippen LogP contribution in [0.1, 0.15) is 18.4 Å². The molecular weight excluding hydrogens is 394 g/mol. The molecule has 11 heteroatoms. The van der Waals surface area contributed by atoms with Gasteiger partial charge in [0.25, 0.3) is 5.88 Å². The fourth-order valence-electron chi connectivity index (χ4n) is 2.85. The molecule has 1 fully saturated rings. The summed E-state index contributed by atoms with van der Waals surface area (Å²) in [6, 6.07) is 0.734. The van der Waals surface area contributed by atoms with E-state index in [0.29, 0.717) is 0 Å². The standard InChI is InChI=1S/C16H21F4N3O3.ClH/c1-22-6-4-5-12(22)15(24)23(2)8-10-7-11(17)14(21-13(10)25-3)26-9-16(18,19)20;/h7,12H,4-6,8-9H2,1-3H3;1H. The van der Waals surface area contributed by atoms with E-state index >= 15 is 0 Å². The van der Waals surface area contributed by atoms with E-state index < -0.39 is 24.5 Å². The zero-order valence-electron chi connectivity index (χ0n) is 15.2. The minimum atomic E-state index is -4.61. The quantitative estimate of drug-likeness (QED) is 0.669. The van der Waals surface area contributed by atoms with Crippen LogP contribution in [-0.4, -0.2) is 67.3 Å². The molecule has 1 unspecified atom stereocenters. The largest absolute Gasteiger partial charge is 0.481 e. The van der Waals surface area contributed by atoms with Gasteiger partial charge in [-0.05, 0) is 32.5 Å². The number of methoxy groups -OCH3 is 1. The fraction of sp³-hybridized carbons (Fsp3) is 0.625. The fourth-order valence-corrected chi connectivity index (χ4v) is 2.85.